The Morgan fingerprint density at radius 3 is 2.59 bits per heavy atom. The lowest BCUT2D eigenvalue weighted by Crippen LogP contribution is -2.30. The van der Waals surface area contributed by atoms with Gasteiger partial charge in [0.25, 0.3) is 0 Å². The Hall–Kier alpha value is -2.29. The van der Waals surface area contributed by atoms with Crippen LogP contribution < -0.4 is 10.2 Å². The molecule has 1 aliphatic rings. The molecule has 0 atom stereocenters. The van der Waals surface area contributed by atoms with Crippen LogP contribution in [0.15, 0.2) is 24.3 Å². The molecule has 2 aromatic carbocycles. The van der Waals surface area contributed by atoms with Gasteiger partial charge in [-0.3, -0.25) is 0 Å². The van der Waals surface area contributed by atoms with Gasteiger partial charge in [0, 0.05) is 0 Å². The molecule has 1 heterocycles. The lowest BCUT2D eigenvalue weighted by Gasteiger charge is -2.12. The van der Waals surface area contributed by atoms with E-state index in [9.17, 15) is 10.3 Å². The topological polar surface area (TPSA) is 62.5 Å². The lowest BCUT2D eigenvalue weighted by molar-refractivity contribution is 0.275. The van der Waals surface area contributed by atoms with Gasteiger partial charge in [0.2, 0.25) is 0 Å². The third kappa shape index (κ3) is 2.48. The maximum atomic E-state index is 9.79. The fraction of sp³-hybridized carbons (Fsp3) is 0.235. The van der Waals surface area contributed by atoms with Crippen LogP contribution in [0.1, 0.15) is 27.8 Å². The van der Waals surface area contributed by atoms with E-state index in [0.717, 1.165) is 27.7 Å². The van der Waals surface area contributed by atoms with Gasteiger partial charge in [-0.1, -0.05) is 0 Å². The molecule has 0 unspecified atom stereocenters. The van der Waals surface area contributed by atoms with E-state index in [-0.39, 0.29) is 0 Å². The lowest BCUT2D eigenvalue weighted by atomic mass is 9.76. The number of aryl methyl sites for hydroxylation is 3. The maximum absolute atomic E-state index is 9.79. The standard InChI is InChI=1S/C17H16BNO3/c1-10-4-13(8-19)16(6-11(10)2)22-15-5-12(3)17-14(7-15)9-21-18(17)20/h4-7,20H,9H2,1-3H3. The zero-order valence-corrected chi connectivity index (χ0v) is 12.8. The zero-order valence-electron chi connectivity index (χ0n) is 12.8. The van der Waals surface area contributed by atoms with E-state index in [1.54, 1.807) is 0 Å². The number of nitriles is 1. The molecule has 4 nitrogen and oxygen atoms in total. The second kappa shape index (κ2) is 5.49. The molecule has 0 fully saturated rings. The monoisotopic (exact) mass is 293 g/mol. The van der Waals surface area contributed by atoms with Crippen LogP contribution in [0.3, 0.4) is 0 Å². The number of benzene rings is 2. The average Bonchev–Trinajstić information content (AvgIpc) is 2.84. The minimum atomic E-state index is -0.861. The summed E-state index contributed by atoms with van der Waals surface area (Å²) in [7, 11) is -0.861. The van der Waals surface area contributed by atoms with Crippen LogP contribution in [0.5, 0.6) is 11.5 Å². The quantitative estimate of drug-likeness (QED) is 0.864. The smallest absolute Gasteiger partial charge is 0.456 e. The van der Waals surface area contributed by atoms with E-state index in [4.69, 9.17) is 9.39 Å². The van der Waals surface area contributed by atoms with E-state index in [1.807, 2.05) is 45.0 Å². The van der Waals surface area contributed by atoms with Crippen molar-refractivity contribution in [2.75, 3.05) is 0 Å². The molecule has 1 aliphatic heterocycles. The van der Waals surface area contributed by atoms with Crippen molar-refractivity contribution in [3.8, 4) is 17.6 Å². The molecule has 110 valence electrons. The van der Waals surface area contributed by atoms with Crippen LogP contribution in [0.25, 0.3) is 0 Å². The fourth-order valence-electron chi connectivity index (χ4n) is 2.71. The molecule has 2 aromatic rings. The van der Waals surface area contributed by atoms with Crippen LogP contribution in [-0.2, 0) is 11.3 Å². The molecular weight excluding hydrogens is 277 g/mol. The highest BCUT2D eigenvalue weighted by Gasteiger charge is 2.29. The van der Waals surface area contributed by atoms with Gasteiger partial charge in [-0.25, -0.2) is 0 Å². The van der Waals surface area contributed by atoms with E-state index in [2.05, 4.69) is 6.07 Å². The van der Waals surface area contributed by atoms with Gasteiger partial charge < -0.3 is 14.4 Å². The second-order valence-electron chi connectivity index (χ2n) is 5.62. The van der Waals surface area contributed by atoms with E-state index >= 15 is 0 Å². The highest BCUT2D eigenvalue weighted by Crippen LogP contribution is 2.29. The second-order valence-corrected chi connectivity index (χ2v) is 5.62. The SMILES string of the molecule is Cc1cc(C#N)c(Oc2cc(C)c3c(c2)COB3O)cc1C. The van der Waals surface area contributed by atoms with Crippen LogP contribution in [0.2, 0.25) is 0 Å². The summed E-state index contributed by atoms with van der Waals surface area (Å²) in [6.07, 6.45) is 0. The van der Waals surface area contributed by atoms with Crippen molar-refractivity contribution in [1.29, 1.82) is 5.26 Å². The molecule has 3 rings (SSSR count). The van der Waals surface area contributed by atoms with E-state index < -0.39 is 7.12 Å². The molecule has 0 radical (unpaired) electrons. The predicted octanol–water partition coefficient (Wildman–Crippen LogP) is 2.49. The average molecular weight is 293 g/mol. The molecule has 0 saturated heterocycles. The molecule has 0 saturated carbocycles. The molecule has 22 heavy (non-hydrogen) atoms. The van der Waals surface area contributed by atoms with E-state index in [1.165, 1.54) is 0 Å². The number of nitrogens with zero attached hydrogens (tertiary/aromatic N) is 1. The molecule has 0 aliphatic carbocycles. The number of hydrogen-bond acceptors (Lipinski definition) is 4. The molecule has 1 N–H and O–H groups in total. The van der Waals surface area contributed by atoms with Gasteiger partial charge in [-0.2, -0.15) is 5.26 Å². The molecule has 5 heteroatoms. The summed E-state index contributed by atoms with van der Waals surface area (Å²) >= 11 is 0. The Labute approximate surface area is 130 Å². The van der Waals surface area contributed by atoms with Crippen LogP contribution in [0, 0.1) is 32.1 Å². The third-order valence-electron chi connectivity index (χ3n) is 4.03. The van der Waals surface area contributed by atoms with Crippen molar-refractivity contribution in [3.05, 3.63) is 52.1 Å². The van der Waals surface area contributed by atoms with Gasteiger partial charge in [-0.05, 0) is 72.8 Å². The number of rotatable bonds is 2. The number of ether oxygens (including phenoxy) is 1. The Balaban J connectivity index is 2.00. The Bertz CT molecular complexity index is 795. The fourth-order valence-corrected chi connectivity index (χ4v) is 2.71. The molecule has 0 bridgehead atoms. The van der Waals surface area contributed by atoms with Crippen molar-refractivity contribution in [2.24, 2.45) is 0 Å². The van der Waals surface area contributed by atoms with Gasteiger partial charge in [0.1, 0.15) is 17.6 Å². The first-order valence-electron chi connectivity index (χ1n) is 7.12. The molecule has 0 amide bonds. The number of fused-ring (bicyclic) bond motifs is 1. The van der Waals surface area contributed by atoms with Crippen molar-refractivity contribution in [3.63, 3.8) is 0 Å². The summed E-state index contributed by atoms with van der Waals surface area (Å²) in [5.74, 6) is 1.19. The minimum Gasteiger partial charge on any atom is -0.456 e. The normalized spacial score (nSPS) is 13.0. The van der Waals surface area contributed by atoms with E-state index in [0.29, 0.717) is 23.7 Å². The van der Waals surface area contributed by atoms with Crippen LogP contribution in [0.4, 0.5) is 0 Å². The predicted molar refractivity (Wildman–Crippen MR) is 84.3 cm³/mol. The molecule has 0 aromatic heterocycles. The minimum absolute atomic E-state index is 0.368. The van der Waals surface area contributed by atoms with Crippen molar-refractivity contribution in [2.45, 2.75) is 27.4 Å². The summed E-state index contributed by atoms with van der Waals surface area (Å²) < 4.78 is 11.2. The first-order valence-corrected chi connectivity index (χ1v) is 7.12. The summed E-state index contributed by atoms with van der Waals surface area (Å²) in [6, 6.07) is 9.59. The third-order valence-corrected chi connectivity index (χ3v) is 4.03. The zero-order chi connectivity index (χ0) is 15.9. The Morgan fingerprint density at radius 2 is 1.86 bits per heavy atom. The van der Waals surface area contributed by atoms with Gasteiger partial charge in [0.15, 0.2) is 0 Å². The number of hydrogen-bond donors (Lipinski definition) is 1. The summed E-state index contributed by atoms with van der Waals surface area (Å²) in [4.78, 5) is 0. The van der Waals surface area contributed by atoms with Crippen molar-refractivity contribution >= 4 is 12.6 Å². The Morgan fingerprint density at radius 1 is 1.14 bits per heavy atom. The maximum Gasteiger partial charge on any atom is 0.492 e. The largest absolute Gasteiger partial charge is 0.492 e. The summed E-state index contributed by atoms with van der Waals surface area (Å²) in [6.45, 7) is 6.24. The van der Waals surface area contributed by atoms with Crippen molar-refractivity contribution < 1.29 is 14.4 Å². The van der Waals surface area contributed by atoms with Gasteiger partial charge >= 0.3 is 7.12 Å². The van der Waals surface area contributed by atoms with Crippen LogP contribution >= 0.6 is 0 Å². The van der Waals surface area contributed by atoms with Gasteiger partial charge in [0.05, 0.1) is 12.2 Å². The summed E-state index contributed by atoms with van der Waals surface area (Å²) in [5.41, 5.74) is 5.30. The highest BCUT2D eigenvalue weighted by molar-refractivity contribution is 6.62. The highest BCUT2D eigenvalue weighted by atomic mass is 16.5. The first-order chi connectivity index (χ1) is 10.5. The first kappa shape index (κ1) is 14.6. The summed E-state index contributed by atoms with van der Waals surface area (Å²) in [5, 5.41) is 19.1. The Kier molecular flexibility index (Phi) is 3.65. The van der Waals surface area contributed by atoms with Crippen molar-refractivity contribution in [1.82, 2.24) is 0 Å². The van der Waals surface area contributed by atoms with Crippen LogP contribution in [-0.4, -0.2) is 12.1 Å². The molecular formula is C17H16BNO3. The molecule has 0 spiro atoms. The van der Waals surface area contributed by atoms with Gasteiger partial charge in [-0.15, -0.1) is 0 Å².